The fraction of sp³-hybridized carbons (Fsp3) is 0.400. The highest BCUT2D eigenvalue weighted by atomic mass is 35.5. The molecule has 1 aliphatic rings. The van der Waals surface area contributed by atoms with Gasteiger partial charge in [0.25, 0.3) is 0 Å². The number of amides is 1. The predicted octanol–water partition coefficient (Wildman–Crippen LogP) is 0.970. The first-order valence-corrected chi connectivity index (χ1v) is 4.71. The van der Waals surface area contributed by atoms with E-state index in [9.17, 15) is 4.79 Å². The summed E-state index contributed by atoms with van der Waals surface area (Å²) in [6.45, 7) is 3.45. The van der Waals surface area contributed by atoms with Crippen LogP contribution in [0.5, 0.6) is 0 Å². The van der Waals surface area contributed by atoms with Crippen LogP contribution >= 0.6 is 12.4 Å². The van der Waals surface area contributed by atoms with Gasteiger partial charge in [-0.3, -0.25) is 4.79 Å². The number of carbonyl (C=O) groups is 1. The van der Waals surface area contributed by atoms with Crippen molar-refractivity contribution in [3.63, 3.8) is 0 Å². The molecule has 0 bridgehead atoms. The van der Waals surface area contributed by atoms with Crippen LogP contribution in [0.4, 0.5) is 5.82 Å². The van der Waals surface area contributed by atoms with Gasteiger partial charge in [0.1, 0.15) is 5.82 Å². The van der Waals surface area contributed by atoms with Gasteiger partial charge >= 0.3 is 0 Å². The monoisotopic (exact) mass is 227 g/mol. The second-order valence-electron chi connectivity index (χ2n) is 3.51. The van der Waals surface area contributed by atoms with E-state index >= 15 is 0 Å². The van der Waals surface area contributed by atoms with Crippen LogP contribution in [0.2, 0.25) is 0 Å². The third kappa shape index (κ3) is 2.91. The maximum absolute atomic E-state index is 11.5. The zero-order valence-electron chi connectivity index (χ0n) is 8.49. The number of anilines is 1. The van der Waals surface area contributed by atoms with Crippen molar-refractivity contribution in [1.29, 1.82) is 0 Å². The Hall–Kier alpha value is -1.13. The number of aromatic nitrogens is 1. The number of halogens is 1. The van der Waals surface area contributed by atoms with E-state index in [0.717, 1.165) is 18.8 Å². The van der Waals surface area contributed by atoms with E-state index in [1.54, 1.807) is 6.07 Å². The van der Waals surface area contributed by atoms with E-state index in [4.69, 9.17) is 0 Å². The summed E-state index contributed by atoms with van der Waals surface area (Å²) in [6, 6.07) is 5.59. The van der Waals surface area contributed by atoms with Crippen molar-refractivity contribution < 1.29 is 4.79 Å². The van der Waals surface area contributed by atoms with Crippen LogP contribution in [0, 0.1) is 12.8 Å². The lowest BCUT2D eigenvalue weighted by Crippen LogP contribution is -2.48. The Morgan fingerprint density at radius 1 is 1.53 bits per heavy atom. The molecule has 1 aromatic rings. The second kappa shape index (κ2) is 5.09. The van der Waals surface area contributed by atoms with Crippen LogP contribution in [0.3, 0.4) is 0 Å². The minimum absolute atomic E-state index is 0. The molecule has 0 aliphatic carbocycles. The molecule has 1 amide bonds. The normalized spacial score (nSPS) is 15.0. The minimum Gasteiger partial charge on any atom is -0.315 e. The summed E-state index contributed by atoms with van der Waals surface area (Å²) in [4.78, 5) is 15.7. The van der Waals surface area contributed by atoms with Gasteiger partial charge in [-0.2, -0.15) is 0 Å². The summed E-state index contributed by atoms with van der Waals surface area (Å²) in [7, 11) is 0. The molecular formula is C10H14ClN3O. The average Bonchev–Trinajstić information content (AvgIpc) is 1.99. The molecule has 1 aliphatic heterocycles. The molecule has 15 heavy (non-hydrogen) atoms. The summed E-state index contributed by atoms with van der Waals surface area (Å²) in [6.07, 6.45) is 0. The van der Waals surface area contributed by atoms with Crippen LogP contribution in [0.1, 0.15) is 5.69 Å². The van der Waals surface area contributed by atoms with Crippen molar-refractivity contribution in [1.82, 2.24) is 10.3 Å². The standard InChI is InChI=1S/C10H13N3O.ClH/c1-7-3-2-4-9(12-7)13-10(14)8-5-11-6-8;/h2-4,8,11H,5-6H2,1H3,(H,12,13,14);1H. The third-order valence-corrected chi connectivity index (χ3v) is 2.29. The zero-order chi connectivity index (χ0) is 9.97. The Morgan fingerprint density at radius 2 is 2.27 bits per heavy atom. The first-order valence-electron chi connectivity index (χ1n) is 4.71. The van der Waals surface area contributed by atoms with Crippen molar-refractivity contribution in [3.8, 4) is 0 Å². The number of nitrogens with zero attached hydrogens (tertiary/aromatic N) is 1. The molecule has 2 rings (SSSR count). The van der Waals surface area contributed by atoms with E-state index in [2.05, 4.69) is 15.6 Å². The highest BCUT2D eigenvalue weighted by Gasteiger charge is 2.24. The minimum atomic E-state index is 0. The molecule has 0 saturated carbocycles. The number of pyridine rings is 1. The van der Waals surface area contributed by atoms with Gasteiger partial charge < -0.3 is 10.6 Å². The van der Waals surface area contributed by atoms with Crippen LogP contribution in [0.25, 0.3) is 0 Å². The maximum Gasteiger partial charge on any atom is 0.231 e. The molecule has 2 N–H and O–H groups in total. The summed E-state index contributed by atoms with van der Waals surface area (Å²) in [5, 5.41) is 5.85. The molecule has 82 valence electrons. The van der Waals surface area contributed by atoms with Crippen molar-refractivity contribution in [2.24, 2.45) is 5.92 Å². The topological polar surface area (TPSA) is 54.0 Å². The van der Waals surface area contributed by atoms with E-state index < -0.39 is 0 Å². The van der Waals surface area contributed by atoms with E-state index in [1.807, 2.05) is 19.1 Å². The Kier molecular flexibility index (Phi) is 4.05. The van der Waals surface area contributed by atoms with E-state index in [-0.39, 0.29) is 24.2 Å². The van der Waals surface area contributed by atoms with Gasteiger partial charge in [0.05, 0.1) is 5.92 Å². The van der Waals surface area contributed by atoms with Gasteiger partial charge in [0.2, 0.25) is 5.91 Å². The molecule has 2 heterocycles. The van der Waals surface area contributed by atoms with Gasteiger partial charge in [-0.05, 0) is 19.1 Å². The van der Waals surface area contributed by atoms with Gasteiger partial charge in [-0.1, -0.05) is 6.07 Å². The molecule has 0 unspecified atom stereocenters. The lowest BCUT2D eigenvalue weighted by molar-refractivity contribution is -0.121. The number of hydrogen-bond donors (Lipinski definition) is 2. The van der Waals surface area contributed by atoms with Crippen LogP contribution in [-0.4, -0.2) is 24.0 Å². The fourth-order valence-electron chi connectivity index (χ4n) is 1.32. The number of nitrogens with one attached hydrogen (secondary N) is 2. The highest BCUT2D eigenvalue weighted by Crippen LogP contribution is 2.08. The average molecular weight is 228 g/mol. The number of hydrogen-bond acceptors (Lipinski definition) is 3. The van der Waals surface area contributed by atoms with Crippen molar-refractivity contribution in [3.05, 3.63) is 23.9 Å². The van der Waals surface area contributed by atoms with Crippen molar-refractivity contribution in [2.45, 2.75) is 6.92 Å². The molecule has 0 atom stereocenters. The molecule has 1 aromatic heterocycles. The van der Waals surface area contributed by atoms with Crippen LogP contribution in [0.15, 0.2) is 18.2 Å². The largest absolute Gasteiger partial charge is 0.315 e. The Morgan fingerprint density at radius 3 is 2.80 bits per heavy atom. The van der Waals surface area contributed by atoms with Crippen LogP contribution in [-0.2, 0) is 4.79 Å². The highest BCUT2D eigenvalue weighted by molar-refractivity contribution is 5.92. The maximum atomic E-state index is 11.5. The Bertz CT molecular complexity index is 352. The fourth-order valence-corrected chi connectivity index (χ4v) is 1.32. The lowest BCUT2D eigenvalue weighted by Gasteiger charge is -2.25. The Labute approximate surface area is 94.9 Å². The molecule has 4 nitrogen and oxygen atoms in total. The molecule has 0 aromatic carbocycles. The smallest absolute Gasteiger partial charge is 0.231 e. The van der Waals surface area contributed by atoms with Gasteiger partial charge in [0.15, 0.2) is 0 Å². The summed E-state index contributed by atoms with van der Waals surface area (Å²) < 4.78 is 0. The van der Waals surface area contributed by atoms with Crippen molar-refractivity contribution in [2.75, 3.05) is 18.4 Å². The number of rotatable bonds is 2. The first kappa shape index (κ1) is 11.9. The second-order valence-corrected chi connectivity index (χ2v) is 3.51. The Balaban J connectivity index is 0.00000112. The van der Waals surface area contributed by atoms with Crippen LogP contribution < -0.4 is 10.6 Å². The SMILES string of the molecule is Cc1cccc(NC(=O)C2CNC2)n1.Cl. The quantitative estimate of drug-likeness (QED) is 0.792. The summed E-state index contributed by atoms with van der Waals surface area (Å²) in [5.41, 5.74) is 0.912. The van der Waals surface area contributed by atoms with Gasteiger partial charge in [-0.25, -0.2) is 4.98 Å². The van der Waals surface area contributed by atoms with E-state index in [1.165, 1.54) is 0 Å². The summed E-state index contributed by atoms with van der Waals surface area (Å²) in [5.74, 6) is 0.807. The summed E-state index contributed by atoms with van der Waals surface area (Å²) >= 11 is 0. The molecule has 1 saturated heterocycles. The molecule has 0 radical (unpaired) electrons. The van der Waals surface area contributed by atoms with Crippen molar-refractivity contribution >= 4 is 24.1 Å². The molecule has 1 fully saturated rings. The number of carbonyl (C=O) groups excluding carboxylic acids is 1. The van der Waals surface area contributed by atoms with Gasteiger partial charge in [-0.15, -0.1) is 12.4 Å². The molecule has 0 spiro atoms. The zero-order valence-corrected chi connectivity index (χ0v) is 9.30. The first-order chi connectivity index (χ1) is 6.75. The number of aryl methyl sites for hydroxylation is 1. The molecular weight excluding hydrogens is 214 g/mol. The molecule has 5 heteroatoms. The lowest BCUT2D eigenvalue weighted by atomic mass is 10.0. The van der Waals surface area contributed by atoms with E-state index in [0.29, 0.717) is 5.82 Å². The predicted molar refractivity (Wildman–Crippen MR) is 61.2 cm³/mol. The third-order valence-electron chi connectivity index (χ3n) is 2.29. The van der Waals surface area contributed by atoms with Gasteiger partial charge in [0, 0.05) is 18.8 Å².